The first kappa shape index (κ1) is 48.2. The molecule has 14 heteroatoms. The number of carbonyl (C=O) groups excluding carboxylic acids is 3. The van der Waals surface area contributed by atoms with Gasteiger partial charge in [-0.1, -0.05) is 74.5 Å². The Morgan fingerprint density at radius 3 is 2.29 bits per heavy atom. The summed E-state index contributed by atoms with van der Waals surface area (Å²) in [6.07, 6.45) is 3.12. The molecule has 2 fully saturated rings. The number of aryl methyl sites for hydroxylation is 4. The molecule has 0 spiro atoms. The number of ether oxygens (including phenoxy) is 1. The molecule has 1 aliphatic carbocycles. The van der Waals surface area contributed by atoms with Gasteiger partial charge in [0.15, 0.2) is 11.3 Å². The smallest absolute Gasteiger partial charge is 0.248 e. The van der Waals surface area contributed by atoms with Crippen molar-refractivity contribution in [2.75, 3.05) is 31.2 Å². The van der Waals surface area contributed by atoms with Gasteiger partial charge in [-0.25, -0.2) is 4.98 Å². The van der Waals surface area contributed by atoms with Crippen LogP contribution < -0.4 is 20.9 Å². The zero-order chi connectivity index (χ0) is 47.4. The molecule has 4 atom stereocenters. The van der Waals surface area contributed by atoms with Crippen molar-refractivity contribution in [3.05, 3.63) is 106 Å². The molecule has 13 nitrogen and oxygen atoms in total. The third kappa shape index (κ3) is 10.4. The number of thiazole rings is 1. The Labute approximate surface area is 392 Å². The summed E-state index contributed by atoms with van der Waals surface area (Å²) in [6, 6.07) is 23.7. The first-order chi connectivity index (χ1) is 31.5. The minimum absolute atomic E-state index is 0.0613. The van der Waals surface area contributed by atoms with Gasteiger partial charge in [0.1, 0.15) is 12.4 Å². The Bertz CT molecular complexity index is 2550. The van der Waals surface area contributed by atoms with Crippen LogP contribution in [0.5, 0.6) is 0 Å². The molecule has 1 saturated carbocycles. The van der Waals surface area contributed by atoms with Gasteiger partial charge in [0, 0.05) is 43.1 Å². The van der Waals surface area contributed by atoms with Crippen LogP contribution in [0.1, 0.15) is 106 Å². The van der Waals surface area contributed by atoms with Gasteiger partial charge in [-0.3, -0.25) is 19.7 Å². The topological polar surface area (TPSA) is 183 Å². The lowest BCUT2D eigenvalue weighted by molar-refractivity contribution is -0.143. The predicted octanol–water partition coefficient (Wildman–Crippen LogP) is 8.65. The first-order valence-corrected chi connectivity index (χ1v) is 23.8. The van der Waals surface area contributed by atoms with Crippen molar-refractivity contribution in [2.45, 2.75) is 123 Å². The first-order valence-electron chi connectivity index (χ1n) is 23.0. The van der Waals surface area contributed by atoms with Gasteiger partial charge in [0.25, 0.3) is 0 Å². The lowest BCUT2D eigenvalue weighted by atomic mass is 9.75. The molecule has 2 amide bonds. The van der Waals surface area contributed by atoms with E-state index >= 15 is 0 Å². The van der Waals surface area contributed by atoms with Gasteiger partial charge in [0.2, 0.25) is 11.8 Å². The maximum absolute atomic E-state index is 14.6. The van der Waals surface area contributed by atoms with Crippen LogP contribution in [-0.2, 0) is 24.5 Å². The van der Waals surface area contributed by atoms with Crippen molar-refractivity contribution in [1.82, 2.24) is 26.1 Å². The summed E-state index contributed by atoms with van der Waals surface area (Å²) in [6.45, 7) is 16.2. The molecule has 1 aliphatic heterocycles. The quantitative estimate of drug-likeness (QED) is 0.0460. The average Bonchev–Trinajstić information content (AvgIpc) is 3.62. The van der Waals surface area contributed by atoms with Gasteiger partial charge in [0.05, 0.1) is 51.4 Å². The third-order valence-electron chi connectivity index (χ3n) is 13.1. The van der Waals surface area contributed by atoms with Crippen LogP contribution in [0.15, 0.2) is 76.8 Å². The van der Waals surface area contributed by atoms with Crippen LogP contribution in [-0.4, -0.2) is 76.8 Å². The van der Waals surface area contributed by atoms with E-state index in [1.807, 2.05) is 78.2 Å². The Hall–Kier alpha value is -5.72. The minimum Gasteiger partial charge on any atom is -0.392 e. The summed E-state index contributed by atoms with van der Waals surface area (Å²) >= 11 is 1.57. The largest absolute Gasteiger partial charge is 0.392 e. The molecule has 3 aromatic carbocycles. The second-order valence-corrected chi connectivity index (χ2v) is 20.0. The summed E-state index contributed by atoms with van der Waals surface area (Å²) in [5.41, 5.74) is 8.90. The molecular weight excluding hydrogens is 851 g/mol. The van der Waals surface area contributed by atoms with Gasteiger partial charge in [-0.2, -0.15) is 5.26 Å². The van der Waals surface area contributed by atoms with Crippen LogP contribution in [0.4, 0.5) is 11.4 Å². The van der Waals surface area contributed by atoms with E-state index < -0.39 is 46.7 Å². The van der Waals surface area contributed by atoms with Gasteiger partial charge in [-0.05, 0) is 118 Å². The normalized spacial score (nSPS) is 18.6. The number of benzene rings is 3. The number of aliphatic hydroxyl groups excluding tert-OH is 1. The fourth-order valence-electron chi connectivity index (χ4n) is 9.00. The van der Waals surface area contributed by atoms with E-state index in [2.05, 4.69) is 86.4 Å². The molecular formula is C52H63N7O6S. The maximum atomic E-state index is 14.6. The number of unbranched alkanes of at least 4 members (excludes halogenated alkanes) is 2. The Kier molecular flexibility index (Phi) is 14.6. The molecule has 1 saturated heterocycles. The van der Waals surface area contributed by atoms with E-state index in [-0.39, 0.29) is 25.0 Å². The van der Waals surface area contributed by atoms with E-state index in [1.165, 1.54) is 0 Å². The van der Waals surface area contributed by atoms with Crippen molar-refractivity contribution < 1.29 is 28.8 Å². The second kappa shape index (κ2) is 20.0. The van der Waals surface area contributed by atoms with Gasteiger partial charge >= 0.3 is 0 Å². The zero-order valence-electron chi connectivity index (χ0n) is 39.4. The Morgan fingerprint density at radius 2 is 1.70 bits per heavy atom. The van der Waals surface area contributed by atoms with Crippen molar-refractivity contribution in [3.8, 4) is 27.6 Å². The highest BCUT2D eigenvalue weighted by Gasteiger charge is 2.55. The van der Waals surface area contributed by atoms with Crippen molar-refractivity contribution in [1.29, 1.82) is 5.26 Å². The number of aliphatic hydroxyl groups is 1. The molecule has 348 valence electrons. The number of anilines is 2. The minimum atomic E-state index is -1.75. The predicted molar refractivity (Wildman–Crippen MR) is 257 cm³/mol. The zero-order valence-corrected chi connectivity index (χ0v) is 40.2. The number of aromatic nitrogens is 2. The molecule has 0 bridgehead atoms. The number of hydrogen-bond acceptors (Lipinski definition) is 12. The lowest BCUT2D eigenvalue weighted by Gasteiger charge is -2.37. The maximum Gasteiger partial charge on any atom is 0.248 e. The summed E-state index contributed by atoms with van der Waals surface area (Å²) < 4.78 is 11.4. The standard InChI is InChI=1S/C52H63N7O6S/c1-32-12-13-39(45-34(3)58-65-36(45)5)26-43(32)59(41-20-18-40(19-21-41)51(30-53)22-23-51)24-10-9-11-25-64-29-44(61)57-47(50(6,7)8)48(62)52(27-42(60)28-55-52)49(63)56-33(2)37-14-16-38(17-15-37)46-35(4)54-31-66-46/h12-21,26,31,33,42,47,55,60H,9-11,22-25,27-29H2,1-8H3,(H,56,63)(H,57,61)/t33-,42?,47?,52-/m0/s1. The molecule has 4 N–H and O–H groups in total. The number of amides is 2. The highest BCUT2D eigenvalue weighted by Crippen LogP contribution is 2.48. The number of carbonyl (C=O) groups is 3. The molecule has 66 heavy (non-hydrogen) atoms. The fourth-order valence-corrected chi connectivity index (χ4v) is 9.81. The van der Waals surface area contributed by atoms with E-state index in [0.717, 1.165) is 99.0 Å². The van der Waals surface area contributed by atoms with Crippen LogP contribution in [0, 0.1) is 44.4 Å². The van der Waals surface area contributed by atoms with Gasteiger partial charge < -0.3 is 29.9 Å². The lowest BCUT2D eigenvalue weighted by Crippen LogP contribution is -2.66. The summed E-state index contributed by atoms with van der Waals surface area (Å²) in [5.74, 6) is -0.760. The number of nitrogens with one attached hydrogen (secondary N) is 3. The molecule has 2 unspecified atom stereocenters. The fraction of sp³-hybridized carbons (Fsp3) is 0.462. The molecule has 2 aromatic heterocycles. The monoisotopic (exact) mass is 913 g/mol. The number of hydrogen-bond donors (Lipinski definition) is 4. The van der Waals surface area contributed by atoms with Crippen LogP contribution in [0.25, 0.3) is 21.6 Å². The molecule has 5 aromatic rings. The van der Waals surface area contributed by atoms with Crippen LogP contribution in [0.3, 0.4) is 0 Å². The van der Waals surface area contributed by atoms with E-state index in [1.54, 1.807) is 11.3 Å². The van der Waals surface area contributed by atoms with Crippen molar-refractivity contribution >= 4 is 40.3 Å². The van der Waals surface area contributed by atoms with Crippen molar-refractivity contribution in [2.24, 2.45) is 5.41 Å². The number of rotatable bonds is 19. The molecule has 7 rings (SSSR count). The highest BCUT2D eigenvalue weighted by molar-refractivity contribution is 7.13. The Balaban J connectivity index is 0.950. The molecule has 3 heterocycles. The number of nitriles is 1. The molecule has 2 aliphatic rings. The number of ketones is 1. The number of β-amino-alcohol motifs (C(OH)–C–C–N with tert-alkyl or cyclic N) is 1. The highest BCUT2D eigenvalue weighted by atomic mass is 32.1. The van der Waals surface area contributed by atoms with Crippen LogP contribution >= 0.6 is 11.3 Å². The average molecular weight is 914 g/mol. The SMILES string of the molecule is Cc1ccc(-c2c(C)noc2C)cc1N(CCCCCOCC(=O)NC(C(=O)[C@]1(C(=O)N[C@@H](C)c2ccc(-c3scnc3C)cc2)CC(O)CN1)C(C)(C)C)c1ccc(C2(C#N)CC2)cc1. The second-order valence-electron chi connectivity index (χ2n) is 19.2. The van der Waals surface area contributed by atoms with E-state index in [4.69, 9.17) is 9.26 Å². The summed E-state index contributed by atoms with van der Waals surface area (Å²) in [5, 5.41) is 33.6. The van der Waals surface area contributed by atoms with E-state index in [9.17, 15) is 24.8 Å². The molecule has 0 radical (unpaired) electrons. The van der Waals surface area contributed by atoms with Crippen LogP contribution in [0.2, 0.25) is 0 Å². The third-order valence-corrected chi connectivity index (χ3v) is 14.1. The Morgan fingerprint density at radius 1 is 0.985 bits per heavy atom. The summed E-state index contributed by atoms with van der Waals surface area (Å²) in [4.78, 5) is 49.9. The van der Waals surface area contributed by atoms with Crippen molar-refractivity contribution in [3.63, 3.8) is 0 Å². The van der Waals surface area contributed by atoms with E-state index in [0.29, 0.717) is 13.0 Å². The van der Waals surface area contributed by atoms with Gasteiger partial charge in [-0.15, -0.1) is 11.3 Å². The number of Topliss-reactive ketones (excluding diaryl/α,β-unsaturated/α-hetero) is 1. The summed E-state index contributed by atoms with van der Waals surface area (Å²) in [7, 11) is 0. The number of nitrogens with zero attached hydrogens (tertiary/aromatic N) is 4.